The molecule has 3 rings (SSSR count). The first kappa shape index (κ1) is 40.8. The maximum atomic E-state index is 12.3. The molecule has 0 radical (unpaired) electrons. The van der Waals surface area contributed by atoms with Crippen LogP contribution in [0.1, 0.15) is 102 Å². The Kier molecular flexibility index (Phi) is 18.0. The zero-order valence-corrected chi connectivity index (χ0v) is 29.8. The van der Waals surface area contributed by atoms with Crippen molar-refractivity contribution in [2.45, 2.75) is 104 Å². The quantitative estimate of drug-likeness (QED) is 0.0841. The molecule has 0 saturated carbocycles. The van der Waals surface area contributed by atoms with E-state index >= 15 is 0 Å². The Bertz CT molecular complexity index is 1330. The lowest BCUT2D eigenvalue weighted by molar-refractivity contribution is -0.929. The molecule has 0 fully saturated rings. The van der Waals surface area contributed by atoms with Gasteiger partial charge in [0.2, 0.25) is 5.95 Å². The second-order valence-corrected chi connectivity index (χ2v) is 12.8. The minimum Gasteiger partial charge on any atom is -0.481 e. The van der Waals surface area contributed by atoms with E-state index in [1.54, 1.807) is 12.1 Å². The molecule has 1 aliphatic heterocycles. The fourth-order valence-electron chi connectivity index (χ4n) is 5.75. The van der Waals surface area contributed by atoms with E-state index in [1.165, 1.54) is 94.2 Å². The summed E-state index contributed by atoms with van der Waals surface area (Å²) in [5.41, 5.74) is 6.31. The van der Waals surface area contributed by atoms with Gasteiger partial charge in [-0.05, 0) is 56.4 Å². The van der Waals surface area contributed by atoms with E-state index in [9.17, 15) is 19.2 Å². The average Bonchev–Trinajstić information content (AvgIpc) is 3.08. The van der Waals surface area contributed by atoms with Crippen molar-refractivity contribution in [2.75, 3.05) is 61.0 Å². The molecular weight excluding hydrogens is 628 g/mol. The highest BCUT2D eigenvalue weighted by molar-refractivity contribution is 5.97. The molecular formula is C35H59N8O6+. The van der Waals surface area contributed by atoms with Crippen molar-refractivity contribution in [1.82, 2.24) is 15.3 Å². The van der Waals surface area contributed by atoms with Gasteiger partial charge < -0.3 is 46.7 Å². The normalized spacial score (nSPS) is 14.2. The topological polar surface area (TPSA) is 212 Å². The third kappa shape index (κ3) is 14.4. The molecule has 274 valence electrons. The van der Waals surface area contributed by atoms with Crippen molar-refractivity contribution < 1.29 is 29.1 Å². The number of carbonyl (C=O) groups is 3. The maximum Gasteiger partial charge on any atom is 0.326 e. The minimum atomic E-state index is -1.30. The predicted molar refractivity (Wildman–Crippen MR) is 195 cm³/mol. The number of hydrogen-bond acceptors (Lipinski definition) is 9. The van der Waals surface area contributed by atoms with E-state index in [1.807, 2.05) is 0 Å². The number of carboxylic acids is 2. The number of unbranched alkanes of at least 4 members (excludes halogenated alkanes) is 4. The molecule has 49 heavy (non-hydrogen) atoms. The number of benzene rings is 1. The number of carbonyl (C=O) groups excluding carboxylic acids is 1. The Morgan fingerprint density at radius 3 is 1.98 bits per heavy atom. The number of rotatable bonds is 21. The molecule has 9 N–H and O–H groups in total. The van der Waals surface area contributed by atoms with Crippen molar-refractivity contribution in [3.63, 3.8) is 0 Å². The van der Waals surface area contributed by atoms with Gasteiger partial charge in [0.15, 0.2) is 0 Å². The lowest BCUT2D eigenvalue weighted by atomic mass is 10.1. The maximum absolute atomic E-state index is 12.3. The van der Waals surface area contributed by atoms with Gasteiger partial charge in [0.1, 0.15) is 17.5 Å². The Morgan fingerprint density at radius 2 is 1.49 bits per heavy atom. The van der Waals surface area contributed by atoms with Gasteiger partial charge in [-0.3, -0.25) is 14.4 Å². The van der Waals surface area contributed by atoms with Crippen LogP contribution < -0.4 is 32.6 Å². The number of fused-ring (bicyclic) bond motifs is 1. The zero-order chi connectivity index (χ0) is 36.2. The number of nitrogens with one attached hydrogen (secondary N) is 5. The molecule has 0 saturated heterocycles. The summed E-state index contributed by atoms with van der Waals surface area (Å²) in [5.74, 6) is -2.55. The number of aromatic amines is 1. The van der Waals surface area contributed by atoms with Crippen LogP contribution in [0.15, 0.2) is 29.1 Å². The second-order valence-electron chi connectivity index (χ2n) is 12.8. The standard InChI is InChI=1S/C19H23N7O6.C16H36N/c20-19-25-15-14(17(30)26-19)23-11(8-22-15)7-21-10-3-1-9(2-4-10)16(29)24-12(18(31)32)5-6-13(27)28;1-5-9-13-17(14-10-6-2,15-11-7-3)16-12-8-4/h1-4,11-12,21,23H,5-8H2,(H,24,29)(H,27,28)(H,31,32)(H4,20,22,25,26,30);5-16H2,1-4H3/q;+1/t11-,12+;/m1./s1. The van der Waals surface area contributed by atoms with Crippen molar-refractivity contribution in [3.05, 3.63) is 40.2 Å². The Hall–Kier alpha value is -4.33. The summed E-state index contributed by atoms with van der Waals surface area (Å²) in [6.45, 7) is 16.0. The fraction of sp³-hybridized carbons (Fsp3) is 0.629. The Labute approximate surface area is 290 Å². The summed E-state index contributed by atoms with van der Waals surface area (Å²) in [7, 11) is 0. The van der Waals surface area contributed by atoms with Gasteiger partial charge in [-0.1, -0.05) is 53.4 Å². The molecule has 1 aromatic heterocycles. The number of aliphatic carboxylic acids is 2. The van der Waals surface area contributed by atoms with Crippen LogP contribution in [-0.4, -0.2) is 93.9 Å². The van der Waals surface area contributed by atoms with Crippen LogP contribution in [0.5, 0.6) is 0 Å². The minimum absolute atomic E-state index is 0.0281. The van der Waals surface area contributed by atoms with Gasteiger partial charge in [-0.2, -0.15) is 4.98 Å². The van der Waals surface area contributed by atoms with Gasteiger partial charge in [-0.25, -0.2) is 4.79 Å². The van der Waals surface area contributed by atoms with Gasteiger partial charge >= 0.3 is 11.9 Å². The van der Waals surface area contributed by atoms with Gasteiger partial charge in [0.25, 0.3) is 11.5 Å². The summed E-state index contributed by atoms with van der Waals surface area (Å²) in [4.78, 5) is 52.5. The highest BCUT2D eigenvalue weighted by Crippen LogP contribution is 2.20. The van der Waals surface area contributed by atoms with E-state index in [0.29, 0.717) is 30.3 Å². The smallest absolute Gasteiger partial charge is 0.326 e. The van der Waals surface area contributed by atoms with Crippen LogP contribution >= 0.6 is 0 Å². The molecule has 1 aliphatic rings. The van der Waals surface area contributed by atoms with Crippen LogP contribution in [0.2, 0.25) is 0 Å². The van der Waals surface area contributed by atoms with Crippen molar-refractivity contribution >= 4 is 41.0 Å². The predicted octanol–water partition coefficient (Wildman–Crippen LogP) is 4.72. The number of aromatic nitrogens is 2. The highest BCUT2D eigenvalue weighted by Gasteiger charge is 2.25. The summed E-state index contributed by atoms with van der Waals surface area (Å²) in [5, 5.41) is 29.5. The van der Waals surface area contributed by atoms with Crippen LogP contribution in [0.25, 0.3) is 0 Å². The number of hydrogen-bond donors (Lipinski definition) is 8. The molecule has 0 unspecified atom stereocenters. The first-order chi connectivity index (χ1) is 23.5. The van der Waals surface area contributed by atoms with E-state index in [2.05, 4.69) is 58.9 Å². The SMILES string of the molecule is CCCC[N+](CCCC)(CCCC)CCCC.Nc1nc(=O)c2c([nH]1)NC[C@@H](CNc1ccc(C(=O)N[C@@H](CCC(=O)O)C(=O)O)cc1)N2. The highest BCUT2D eigenvalue weighted by atomic mass is 16.4. The zero-order valence-electron chi connectivity index (χ0n) is 29.8. The number of carboxylic acid groups (broad SMARTS) is 2. The molecule has 2 atom stereocenters. The first-order valence-corrected chi connectivity index (χ1v) is 17.8. The number of nitrogens with two attached hydrogens (primary N) is 1. The van der Waals surface area contributed by atoms with Crippen LogP contribution in [0.3, 0.4) is 0 Å². The largest absolute Gasteiger partial charge is 0.481 e. The molecule has 0 spiro atoms. The fourth-order valence-corrected chi connectivity index (χ4v) is 5.75. The average molecular weight is 688 g/mol. The van der Waals surface area contributed by atoms with Crippen molar-refractivity contribution in [2.24, 2.45) is 0 Å². The molecule has 0 aliphatic carbocycles. The van der Waals surface area contributed by atoms with Crippen molar-refractivity contribution in [3.8, 4) is 0 Å². The van der Waals surface area contributed by atoms with E-state index in [0.717, 1.165) is 0 Å². The van der Waals surface area contributed by atoms with Crippen LogP contribution in [-0.2, 0) is 9.59 Å². The molecule has 14 heteroatoms. The number of nitrogen functional groups attached to an aromatic ring is 1. The molecule has 2 heterocycles. The van der Waals surface area contributed by atoms with Crippen LogP contribution in [0, 0.1) is 0 Å². The Balaban J connectivity index is 0.000000417. The molecule has 14 nitrogen and oxygen atoms in total. The number of H-pyrrole nitrogens is 1. The third-order valence-corrected chi connectivity index (χ3v) is 8.71. The van der Waals surface area contributed by atoms with E-state index < -0.39 is 29.4 Å². The first-order valence-electron chi connectivity index (χ1n) is 17.8. The van der Waals surface area contributed by atoms with Crippen LogP contribution in [0.4, 0.5) is 23.1 Å². The number of amides is 1. The number of quaternary nitrogens is 1. The van der Waals surface area contributed by atoms with E-state index in [4.69, 9.17) is 15.9 Å². The van der Waals surface area contributed by atoms with E-state index in [-0.39, 0.29) is 30.4 Å². The van der Waals surface area contributed by atoms with Crippen molar-refractivity contribution in [1.29, 1.82) is 0 Å². The summed E-state index contributed by atoms with van der Waals surface area (Å²) < 4.78 is 1.42. The lowest BCUT2D eigenvalue weighted by Crippen LogP contribution is -2.50. The van der Waals surface area contributed by atoms with Gasteiger partial charge in [0.05, 0.1) is 32.2 Å². The lowest BCUT2D eigenvalue weighted by Gasteiger charge is -2.39. The second kappa shape index (κ2) is 21.6. The van der Waals surface area contributed by atoms with Gasteiger partial charge in [-0.15, -0.1) is 0 Å². The summed E-state index contributed by atoms with van der Waals surface area (Å²) in [6.07, 6.45) is 10.5. The molecule has 2 aromatic rings. The summed E-state index contributed by atoms with van der Waals surface area (Å²) in [6, 6.07) is 4.93. The number of anilines is 4. The molecule has 1 amide bonds. The van der Waals surface area contributed by atoms with Gasteiger partial charge in [0, 0.05) is 30.8 Å². The number of nitrogens with zero attached hydrogens (tertiary/aromatic N) is 2. The molecule has 0 bridgehead atoms. The third-order valence-electron chi connectivity index (χ3n) is 8.71. The monoisotopic (exact) mass is 687 g/mol. The Morgan fingerprint density at radius 1 is 0.939 bits per heavy atom. The molecule has 1 aromatic carbocycles. The summed E-state index contributed by atoms with van der Waals surface area (Å²) >= 11 is 0.